The molecule has 0 saturated heterocycles. The number of benzene rings is 1. The minimum absolute atomic E-state index is 0.00963. The SMILES string of the molecule is CCC(Oc1cc(Br)cnc1N)c1ccccc1. The normalized spacial score (nSPS) is 12.1. The average molecular weight is 307 g/mol. The van der Waals surface area contributed by atoms with Gasteiger partial charge in [-0.2, -0.15) is 0 Å². The van der Waals surface area contributed by atoms with E-state index in [0.717, 1.165) is 16.5 Å². The largest absolute Gasteiger partial charge is 0.482 e. The molecule has 1 aromatic carbocycles. The second kappa shape index (κ2) is 5.87. The van der Waals surface area contributed by atoms with Gasteiger partial charge in [0.2, 0.25) is 0 Å². The van der Waals surface area contributed by atoms with Crippen LogP contribution in [0.4, 0.5) is 5.82 Å². The predicted octanol–water partition coefficient (Wildman–Crippen LogP) is 3.96. The number of aromatic nitrogens is 1. The molecule has 3 nitrogen and oxygen atoms in total. The molecule has 0 amide bonds. The highest BCUT2D eigenvalue weighted by Crippen LogP contribution is 2.29. The van der Waals surface area contributed by atoms with Gasteiger partial charge >= 0.3 is 0 Å². The van der Waals surface area contributed by atoms with Crippen molar-refractivity contribution in [1.29, 1.82) is 0 Å². The van der Waals surface area contributed by atoms with Gasteiger partial charge in [0.25, 0.3) is 0 Å². The molecule has 2 aromatic rings. The molecular formula is C14H15BrN2O. The summed E-state index contributed by atoms with van der Waals surface area (Å²) in [5.74, 6) is 1.02. The summed E-state index contributed by atoms with van der Waals surface area (Å²) in [5, 5.41) is 0. The number of nitrogens with zero attached hydrogens (tertiary/aromatic N) is 1. The van der Waals surface area contributed by atoms with Crippen molar-refractivity contribution in [3.05, 3.63) is 52.6 Å². The number of rotatable bonds is 4. The average Bonchev–Trinajstić information content (AvgIpc) is 2.41. The summed E-state index contributed by atoms with van der Waals surface area (Å²) in [6, 6.07) is 11.9. The molecule has 2 rings (SSSR count). The third-order valence-corrected chi connectivity index (χ3v) is 3.09. The highest BCUT2D eigenvalue weighted by Gasteiger charge is 2.13. The number of anilines is 1. The van der Waals surface area contributed by atoms with Crippen molar-refractivity contribution < 1.29 is 4.74 Å². The van der Waals surface area contributed by atoms with Gasteiger partial charge in [-0.3, -0.25) is 0 Å². The van der Waals surface area contributed by atoms with Gasteiger partial charge in [-0.25, -0.2) is 4.98 Å². The topological polar surface area (TPSA) is 48.1 Å². The van der Waals surface area contributed by atoms with Crippen LogP contribution < -0.4 is 10.5 Å². The first-order valence-corrected chi connectivity index (χ1v) is 6.62. The summed E-state index contributed by atoms with van der Waals surface area (Å²) in [6.07, 6.45) is 2.52. The van der Waals surface area contributed by atoms with Gasteiger partial charge in [0.05, 0.1) is 0 Å². The van der Waals surface area contributed by atoms with Gasteiger partial charge in [-0.1, -0.05) is 37.3 Å². The molecule has 0 spiro atoms. The Labute approximate surface area is 115 Å². The van der Waals surface area contributed by atoms with Crippen molar-refractivity contribution >= 4 is 21.7 Å². The first kappa shape index (κ1) is 12.9. The van der Waals surface area contributed by atoms with Gasteiger partial charge in [0, 0.05) is 10.7 Å². The molecule has 0 aliphatic rings. The Bertz CT molecular complexity index is 516. The van der Waals surface area contributed by atoms with Crippen LogP contribution >= 0.6 is 15.9 Å². The molecule has 94 valence electrons. The first-order valence-electron chi connectivity index (χ1n) is 5.83. The second-order valence-corrected chi connectivity index (χ2v) is 4.88. The van der Waals surface area contributed by atoms with Crippen LogP contribution in [0.25, 0.3) is 0 Å². The summed E-state index contributed by atoms with van der Waals surface area (Å²) in [4.78, 5) is 4.07. The molecule has 1 aromatic heterocycles. The van der Waals surface area contributed by atoms with Gasteiger partial charge in [-0.05, 0) is 34.0 Å². The van der Waals surface area contributed by atoms with E-state index < -0.39 is 0 Å². The smallest absolute Gasteiger partial charge is 0.166 e. The van der Waals surface area contributed by atoms with Crippen molar-refractivity contribution in [3.8, 4) is 5.75 Å². The molecule has 1 unspecified atom stereocenters. The third kappa shape index (κ3) is 3.01. The van der Waals surface area contributed by atoms with E-state index in [1.807, 2.05) is 24.3 Å². The zero-order valence-electron chi connectivity index (χ0n) is 10.1. The summed E-state index contributed by atoms with van der Waals surface area (Å²) in [5.41, 5.74) is 6.95. The lowest BCUT2D eigenvalue weighted by Crippen LogP contribution is -2.08. The number of hydrogen-bond donors (Lipinski definition) is 1. The minimum Gasteiger partial charge on any atom is -0.482 e. The molecule has 0 fully saturated rings. The van der Waals surface area contributed by atoms with Gasteiger partial charge in [-0.15, -0.1) is 0 Å². The van der Waals surface area contributed by atoms with Crippen LogP contribution in [-0.4, -0.2) is 4.98 Å². The summed E-state index contributed by atoms with van der Waals surface area (Å²) in [7, 11) is 0. The lowest BCUT2D eigenvalue weighted by Gasteiger charge is -2.18. The predicted molar refractivity (Wildman–Crippen MR) is 76.5 cm³/mol. The van der Waals surface area contributed by atoms with E-state index in [-0.39, 0.29) is 6.10 Å². The van der Waals surface area contributed by atoms with E-state index in [4.69, 9.17) is 10.5 Å². The van der Waals surface area contributed by atoms with Gasteiger partial charge in [0.1, 0.15) is 6.10 Å². The number of nitrogens with two attached hydrogens (primary N) is 1. The van der Waals surface area contributed by atoms with Crippen molar-refractivity contribution in [1.82, 2.24) is 4.98 Å². The Kier molecular flexibility index (Phi) is 4.20. The van der Waals surface area contributed by atoms with E-state index in [2.05, 4.69) is 40.0 Å². The van der Waals surface area contributed by atoms with Crippen LogP contribution in [0.15, 0.2) is 47.1 Å². The zero-order valence-corrected chi connectivity index (χ0v) is 11.7. The molecule has 0 aliphatic carbocycles. The van der Waals surface area contributed by atoms with Crippen LogP contribution in [0.2, 0.25) is 0 Å². The second-order valence-electron chi connectivity index (χ2n) is 3.96. The molecule has 2 N–H and O–H groups in total. The van der Waals surface area contributed by atoms with Crippen LogP contribution in [0.1, 0.15) is 25.0 Å². The van der Waals surface area contributed by atoms with Crippen molar-refractivity contribution in [2.45, 2.75) is 19.4 Å². The van der Waals surface area contributed by atoms with Gasteiger partial charge < -0.3 is 10.5 Å². The number of halogens is 1. The fourth-order valence-corrected chi connectivity index (χ4v) is 2.04. The van der Waals surface area contributed by atoms with Crippen molar-refractivity contribution in [2.75, 3.05) is 5.73 Å². The highest BCUT2D eigenvalue weighted by molar-refractivity contribution is 9.10. The molecule has 0 aliphatic heterocycles. The molecule has 0 radical (unpaired) electrons. The maximum atomic E-state index is 5.94. The molecule has 1 atom stereocenters. The Balaban J connectivity index is 2.23. The van der Waals surface area contributed by atoms with E-state index in [1.54, 1.807) is 6.20 Å². The van der Waals surface area contributed by atoms with Crippen molar-refractivity contribution in [2.24, 2.45) is 0 Å². The lowest BCUT2D eigenvalue weighted by atomic mass is 10.1. The first-order chi connectivity index (χ1) is 8.70. The van der Waals surface area contributed by atoms with Crippen LogP contribution in [0, 0.1) is 0 Å². The standard InChI is InChI=1S/C14H15BrN2O/c1-2-12(10-6-4-3-5-7-10)18-13-8-11(15)9-17-14(13)16/h3-9,12H,2H2,1H3,(H2,16,17). The summed E-state index contributed by atoms with van der Waals surface area (Å²) < 4.78 is 6.80. The Morgan fingerprint density at radius 2 is 2.06 bits per heavy atom. The quantitative estimate of drug-likeness (QED) is 0.930. The summed E-state index contributed by atoms with van der Waals surface area (Å²) >= 11 is 3.37. The van der Waals surface area contributed by atoms with Gasteiger partial charge in [0.15, 0.2) is 11.6 Å². The monoisotopic (exact) mass is 306 g/mol. The summed E-state index contributed by atoms with van der Waals surface area (Å²) in [6.45, 7) is 2.08. The maximum Gasteiger partial charge on any atom is 0.166 e. The molecule has 18 heavy (non-hydrogen) atoms. The Morgan fingerprint density at radius 3 is 2.72 bits per heavy atom. The van der Waals surface area contributed by atoms with E-state index >= 15 is 0 Å². The molecule has 4 heteroatoms. The fourth-order valence-electron chi connectivity index (χ4n) is 1.73. The van der Waals surface area contributed by atoms with Crippen LogP contribution in [0.3, 0.4) is 0 Å². The molecule has 0 saturated carbocycles. The number of pyridine rings is 1. The Morgan fingerprint density at radius 1 is 1.33 bits per heavy atom. The number of nitrogen functional groups attached to an aromatic ring is 1. The lowest BCUT2D eigenvalue weighted by molar-refractivity contribution is 0.202. The Hall–Kier alpha value is -1.55. The fraction of sp³-hybridized carbons (Fsp3) is 0.214. The number of hydrogen-bond acceptors (Lipinski definition) is 3. The third-order valence-electron chi connectivity index (χ3n) is 2.66. The highest BCUT2D eigenvalue weighted by atomic mass is 79.9. The van der Waals surface area contributed by atoms with Crippen LogP contribution in [0.5, 0.6) is 5.75 Å². The minimum atomic E-state index is -0.00963. The zero-order chi connectivity index (χ0) is 13.0. The van der Waals surface area contributed by atoms with Crippen molar-refractivity contribution in [3.63, 3.8) is 0 Å². The van der Waals surface area contributed by atoms with E-state index in [1.165, 1.54) is 0 Å². The molecule has 1 heterocycles. The van der Waals surface area contributed by atoms with E-state index in [9.17, 15) is 0 Å². The van der Waals surface area contributed by atoms with E-state index in [0.29, 0.717) is 11.6 Å². The molecule has 0 bridgehead atoms. The molecular weight excluding hydrogens is 292 g/mol. The maximum absolute atomic E-state index is 5.94. The van der Waals surface area contributed by atoms with Crippen LogP contribution in [-0.2, 0) is 0 Å². The number of ether oxygens (including phenoxy) is 1.